The lowest BCUT2D eigenvalue weighted by molar-refractivity contribution is -0.138. The zero-order chi connectivity index (χ0) is 17.2. The Kier molecular flexibility index (Phi) is 7.58. The van der Waals surface area contributed by atoms with E-state index in [1.54, 1.807) is 13.2 Å². The first kappa shape index (κ1) is 18.3. The van der Waals surface area contributed by atoms with Gasteiger partial charge in [-0.15, -0.1) is 0 Å². The quantitative estimate of drug-likeness (QED) is 0.575. The number of hydrogen-bond acceptors (Lipinski definition) is 6. The van der Waals surface area contributed by atoms with Crippen LogP contribution in [-0.2, 0) is 9.53 Å². The number of nitrogens with one attached hydrogen (secondary N) is 1. The summed E-state index contributed by atoms with van der Waals surface area (Å²) >= 11 is 0. The number of benzene rings is 1. The SMILES string of the molecule is CCOc1ccc(/C=C/C(=O)OCCN2CCNCC2)cc1OC. The number of nitrogens with zero attached hydrogens (tertiary/aromatic N) is 1. The van der Waals surface area contributed by atoms with Crippen LogP contribution in [0.15, 0.2) is 24.3 Å². The Morgan fingerprint density at radius 2 is 2.08 bits per heavy atom. The minimum Gasteiger partial charge on any atom is -0.493 e. The second-order valence-electron chi connectivity index (χ2n) is 5.44. The summed E-state index contributed by atoms with van der Waals surface area (Å²) in [6.45, 7) is 7.67. The van der Waals surface area contributed by atoms with E-state index in [2.05, 4.69) is 10.2 Å². The molecular weight excluding hydrogens is 308 g/mol. The molecular formula is C18H26N2O4. The summed E-state index contributed by atoms with van der Waals surface area (Å²) < 4.78 is 16.0. The van der Waals surface area contributed by atoms with Crippen LogP contribution in [0.1, 0.15) is 12.5 Å². The molecule has 0 spiro atoms. The van der Waals surface area contributed by atoms with Crippen molar-refractivity contribution in [1.82, 2.24) is 10.2 Å². The Hall–Kier alpha value is -2.05. The molecule has 0 aromatic heterocycles. The van der Waals surface area contributed by atoms with Gasteiger partial charge in [0.15, 0.2) is 11.5 Å². The maximum atomic E-state index is 11.8. The molecule has 0 bridgehead atoms. The van der Waals surface area contributed by atoms with Crippen molar-refractivity contribution in [2.24, 2.45) is 0 Å². The van der Waals surface area contributed by atoms with E-state index in [-0.39, 0.29) is 5.97 Å². The van der Waals surface area contributed by atoms with Gasteiger partial charge in [0.1, 0.15) is 6.61 Å². The number of hydrogen-bond donors (Lipinski definition) is 1. The summed E-state index contributed by atoms with van der Waals surface area (Å²) in [5, 5.41) is 3.29. The normalized spacial score (nSPS) is 15.4. The number of carbonyl (C=O) groups is 1. The molecule has 0 saturated carbocycles. The minimum atomic E-state index is -0.335. The highest BCUT2D eigenvalue weighted by Gasteiger charge is 2.09. The van der Waals surface area contributed by atoms with Gasteiger partial charge in [0.25, 0.3) is 0 Å². The standard InChI is InChI=1S/C18H26N2O4/c1-3-23-16-6-4-15(14-17(16)22-2)5-7-18(21)24-13-12-20-10-8-19-9-11-20/h4-7,14,19H,3,8-13H2,1-2H3/b7-5+. The maximum absolute atomic E-state index is 11.8. The van der Waals surface area contributed by atoms with Gasteiger partial charge >= 0.3 is 5.97 Å². The molecule has 6 nitrogen and oxygen atoms in total. The highest BCUT2D eigenvalue weighted by molar-refractivity contribution is 5.87. The summed E-state index contributed by atoms with van der Waals surface area (Å²) in [6, 6.07) is 5.53. The van der Waals surface area contributed by atoms with Crippen molar-refractivity contribution in [3.63, 3.8) is 0 Å². The second-order valence-corrected chi connectivity index (χ2v) is 5.44. The van der Waals surface area contributed by atoms with Crippen LogP contribution in [0.25, 0.3) is 6.08 Å². The van der Waals surface area contributed by atoms with E-state index in [0.29, 0.717) is 24.7 Å². The van der Waals surface area contributed by atoms with Crippen LogP contribution in [0.5, 0.6) is 11.5 Å². The van der Waals surface area contributed by atoms with Gasteiger partial charge < -0.3 is 19.5 Å². The number of esters is 1. The van der Waals surface area contributed by atoms with Gasteiger partial charge in [-0.2, -0.15) is 0 Å². The molecule has 0 aliphatic carbocycles. The Balaban J connectivity index is 1.80. The highest BCUT2D eigenvalue weighted by atomic mass is 16.5. The van der Waals surface area contributed by atoms with Crippen LogP contribution in [0.4, 0.5) is 0 Å². The van der Waals surface area contributed by atoms with Gasteiger partial charge in [-0.05, 0) is 30.7 Å². The third-order valence-corrected chi connectivity index (χ3v) is 3.76. The Morgan fingerprint density at radius 1 is 1.29 bits per heavy atom. The van der Waals surface area contributed by atoms with Gasteiger partial charge in [0, 0.05) is 38.8 Å². The van der Waals surface area contributed by atoms with Crippen LogP contribution >= 0.6 is 0 Å². The molecule has 1 aromatic rings. The van der Waals surface area contributed by atoms with Crippen LogP contribution in [-0.4, -0.2) is 63.9 Å². The Labute approximate surface area is 143 Å². The van der Waals surface area contributed by atoms with Crippen LogP contribution in [0.2, 0.25) is 0 Å². The summed E-state index contributed by atoms with van der Waals surface area (Å²) in [5.41, 5.74) is 0.856. The lowest BCUT2D eigenvalue weighted by Crippen LogP contribution is -2.44. The smallest absolute Gasteiger partial charge is 0.330 e. The average molecular weight is 334 g/mol. The fourth-order valence-corrected chi connectivity index (χ4v) is 2.49. The molecule has 24 heavy (non-hydrogen) atoms. The van der Waals surface area contributed by atoms with Gasteiger partial charge in [0.05, 0.1) is 13.7 Å². The molecule has 1 N–H and O–H groups in total. The van der Waals surface area contributed by atoms with E-state index in [9.17, 15) is 4.79 Å². The third kappa shape index (κ3) is 5.86. The van der Waals surface area contributed by atoms with Crippen LogP contribution in [0.3, 0.4) is 0 Å². The van der Waals surface area contributed by atoms with E-state index in [1.807, 2.05) is 25.1 Å². The number of piperazine rings is 1. The molecule has 0 radical (unpaired) electrons. The largest absolute Gasteiger partial charge is 0.493 e. The molecule has 1 saturated heterocycles. The molecule has 0 unspecified atom stereocenters. The topological polar surface area (TPSA) is 60.0 Å². The molecule has 6 heteroatoms. The lowest BCUT2D eigenvalue weighted by atomic mass is 10.2. The van der Waals surface area contributed by atoms with E-state index in [1.165, 1.54) is 6.08 Å². The number of rotatable bonds is 8. The van der Waals surface area contributed by atoms with Crippen LogP contribution in [0, 0.1) is 0 Å². The molecule has 0 atom stereocenters. The monoisotopic (exact) mass is 334 g/mol. The fraction of sp³-hybridized carbons (Fsp3) is 0.500. The van der Waals surface area contributed by atoms with Crippen molar-refractivity contribution < 1.29 is 19.0 Å². The molecule has 132 valence electrons. The summed E-state index contributed by atoms with van der Waals surface area (Å²) in [6.07, 6.45) is 3.15. The number of methoxy groups -OCH3 is 1. The third-order valence-electron chi connectivity index (χ3n) is 3.76. The van der Waals surface area contributed by atoms with Crippen molar-refractivity contribution in [3.05, 3.63) is 29.8 Å². The molecule has 1 aliphatic heterocycles. The first-order valence-corrected chi connectivity index (χ1v) is 8.31. The number of ether oxygens (including phenoxy) is 3. The van der Waals surface area contributed by atoms with E-state index < -0.39 is 0 Å². The van der Waals surface area contributed by atoms with Crippen molar-refractivity contribution >= 4 is 12.0 Å². The predicted octanol–water partition coefficient (Wildman–Crippen LogP) is 1.56. The summed E-state index contributed by atoms with van der Waals surface area (Å²) in [7, 11) is 1.59. The zero-order valence-electron chi connectivity index (χ0n) is 14.4. The van der Waals surface area contributed by atoms with Gasteiger partial charge in [-0.3, -0.25) is 4.90 Å². The highest BCUT2D eigenvalue weighted by Crippen LogP contribution is 2.28. The van der Waals surface area contributed by atoms with Crippen molar-refractivity contribution in [1.29, 1.82) is 0 Å². The van der Waals surface area contributed by atoms with Crippen LogP contribution < -0.4 is 14.8 Å². The molecule has 1 aromatic carbocycles. The zero-order valence-corrected chi connectivity index (χ0v) is 14.4. The molecule has 1 fully saturated rings. The van der Waals surface area contributed by atoms with E-state index in [0.717, 1.165) is 38.3 Å². The van der Waals surface area contributed by atoms with E-state index in [4.69, 9.17) is 14.2 Å². The predicted molar refractivity (Wildman–Crippen MR) is 93.5 cm³/mol. The van der Waals surface area contributed by atoms with E-state index >= 15 is 0 Å². The molecule has 1 heterocycles. The first-order valence-electron chi connectivity index (χ1n) is 8.31. The molecule has 1 aliphatic rings. The van der Waals surface area contributed by atoms with Gasteiger partial charge in [0.2, 0.25) is 0 Å². The maximum Gasteiger partial charge on any atom is 0.330 e. The van der Waals surface area contributed by atoms with Crippen molar-refractivity contribution in [2.45, 2.75) is 6.92 Å². The number of carbonyl (C=O) groups excluding carboxylic acids is 1. The van der Waals surface area contributed by atoms with Gasteiger partial charge in [-0.25, -0.2) is 4.79 Å². The summed E-state index contributed by atoms with van der Waals surface area (Å²) in [5.74, 6) is 1.000. The lowest BCUT2D eigenvalue weighted by Gasteiger charge is -2.26. The Bertz CT molecular complexity index is 554. The fourth-order valence-electron chi connectivity index (χ4n) is 2.49. The summed E-state index contributed by atoms with van der Waals surface area (Å²) in [4.78, 5) is 14.1. The average Bonchev–Trinajstić information content (AvgIpc) is 2.62. The van der Waals surface area contributed by atoms with Crippen molar-refractivity contribution in [3.8, 4) is 11.5 Å². The minimum absolute atomic E-state index is 0.335. The second kappa shape index (κ2) is 9.95. The first-order chi connectivity index (χ1) is 11.7. The Morgan fingerprint density at radius 3 is 2.79 bits per heavy atom. The van der Waals surface area contributed by atoms with Crippen molar-refractivity contribution in [2.75, 3.05) is 53.0 Å². The van der Waals surface area contributed by atoms with Gasteiger partial charge in [-0.1, -0.05) is 6.07 Å². The molecule has 0 amide bonds. The molecule has 2 rings (SSSR count).